The van der Waals surface area contributed by atoms with E-state index in [0.29, 0.717) is 24.4 Å². The van der Waals surface area contributed by atoms with Gasteiger partial charge in [-0.2, -0.15) is 5.26 Å². The maximum atomic E-state index is 15.2. The molecule has 1 N–H and O–H groups in total. The Morgan fingerprint density at radius 2 is 1.97 bits per heavy atom. The Labute approximate surface area is 211 Å². The van der Waals surface area contributed by atoms with Gasteiger partial charge in [0.05, 0.1) is 30.1 Å². The van der Waals surface area contributed by atoms with Crippen molar-refractivity contribution in [3.63, 3.8) is 0 Å². The Morgan fingerprint density at radius 1 is 1.19 bits per heavy atom. The molecule has 2 aromatic carbocycles. The van der Waals surface area contributed by atoms with Gasteiger partial charge in [-0.25, -0.2) is 4.39 Å². The number of hydrogen-bond donors (Lipinski definition) is 1. The van der Waals surface area contributed by atoms with Crippen LogP contribution in [0.5, 0.6) is 0 Å². The van der Waals surface area contributed by atoms with Gasteiger partial charge in [-0.1, -0.05) is 44.2 Å². The summed E-state index contributed by atoms with van der Waals surface area (Å²) in [5.41, 5.74) is 4.59. The molecule has 186 valence electrons. The molecule has 2 atom stereocenters. The van der Waals surface area contributed by atoms with Gasteiger partial charge in [0.25, 0.3) is 0 Å². The van der Waals surface area contributed by atoms with E-state index in [0.717, 1.165) is 48.1 Å². The van der Waals surface area contributed by atoms with Gasteiger partial charge in [0.2, 0.25) is 0 Å². The Balaban J connectivity index is 1.45. The summed E-state index contributed by atoms with van der Waals surface area (Å²) in [5, 5.41) is 13.2. The fourth-order valence-electron chi connectivity index (χ4n) is 5.73. The van der Waals surface area contributed by atoms with E-state index in [9.17, 15) is 10.1 Å². The molecule has 0 spiro atoms. The van der Waals surface area contributed by atoms with Crippen LogP contribution in [0.4, 0.5) is 10.1 Å². The minimum atomic E-state index is -0.571. The number of anilines is 1. The average molecular weight is 486 g/mol. The molecule has 0 amide bonds. The zero-order valence-corrected chi connectivity index (χ0v) is 21.1. The maximum Gasteiger partial charge on any atom is 0.165 e. The van der Waals surface area contributed by atoms with Crippen LogP contribution in [0, 0.1) is 29.5 Å². The number of nitriles is 1. The van der Waals surface area contributed by atoms with E-state index in [1.165, 1.54) is 6.07 Å². The van der Waals surface area contributed by atoms with E-state index in [1.54, 1.807) is 0 Å². The van der Waals surface area contributed by atoms with Gasteiger partial charge >= 0.3 is 0 Å². The van der Waals surface area contributed by atoms with Gasteiger partial charge < -0.3 is 14.6 Å². The highest BCUT2D eigenvalue weighted by Crippen LogP contribution is 2.39. The number of carbonyl (C=O) groups is 1. The topological polar surface area (TPSA) is 67.1 Å². The Hall–Kier alpha value is -3.43. The lowest BCUT2D eigenvalue weighted by atomic mass is 9.75. The maximum absolute atomic E-state index is 15.2. The summed E-state index contributed by atoms with van der Waals surface area (Å²) >= 11 is 0. The first-order valence-corrected chi connectivity index (χ1v) is 12.7. The molecular formula is C30H32FN3O2. The quantitative estimate of drug-likeness (QED) is 0.433. The molecule has 0 unspecified atom stereocenters. The van der Waals surface area contributed by atoms with Crippen molar-refractivity contribution in [1.29, 1.82) is 5.26 Å². The normalized spacial score (nSPS) is 20.7. The minimum absolute atomic E-state index is 0.00149. The van der Waals surface area contributed by atoms with Crippen LogP contribution >= 0.6 is 0 Å². The van der Waals surface area contributed by atoms with Gasteiger partial charge in [0.1, 0.15) is 17.4 Å². The molecule has 0 bridgehead atoms. The third-order valence-electron chi connectivity index (χ3n) is 7.43. The summed E-state index contributed by atoms with van der Waals surface area (Å²) in [6.07, 6.45) is 5.92. The second-order valence-corrected chi connectivity index (χ2v) is 10.9. The number of aromatic nitrogens is 1. The van der Waals surface area contributed by atoms with E-state index < -0.39 is 5.82 Å². The Bertz CT molecular complexity index is 1340. The molecule has 2 aliphatic carbocycles. The number of rotatable bonds is 6. The first kappa shape index (κ1) is 24.3. The number of benzene rings is 2. The van der Waals surface area contributed by atoms with Gasteiger partial charge in [-0.3, -0.25) is 4.79 Å². The van der Waals surface area contributed by atoms with E-state index >= 15 is 4.39 Å². The van der Waals surface area contributed by atoms with Crippen molar-refractivity contribution < 1.29 is 13.9 Å². The summed E-state index contributed by atoms with van der Waals surface area (Å²) in [6, 6.07) is 15.3. The lowest BCUT2D eigenvalue weighted by Gasteiger charge is -2.30. The summed E-state index contributed by atoms with van der Waals surface area (Å²) < 4.78 is 23.4. The minimum Gasteiger partial charge on any atom is -0.378 e. The van der Waals surface area contributed by atoms with Gasteiger partial charge in [0.15, 0.2) is 5.78 Å². The predicted octanol–water partition coefficient (Wildman–Crippen LogP) is 6.50. The predicted molar refractivity (Wildman–Crippen MR) is 138 cm³/mol. The highest BCUT2D eigenvalue weighted by molar-refractivity contribution is 6.00. The van der Waals surface area contributed by atoms with Crippen molar-refractivity contribution in [2.24, 2.45) is 5.41 Å². The van der Waals surface area contributed by atoms with Gasteiger partial charge in [-0.15, -0.1) is 0 Å². The molecule has 5 rings (SSSR count). The number of hydrogen-bond acceptors (Lipinski definition) is 4. The van der Waals surface area contributed by atoms with E-state index in [1.807, 2.05) is 60.2 Å². The highest BCUT2D eigenvalue weighted by atomic mass is 19.1. The van der Waals surface area contributed by atoms with Crippen molar-refractivity contribution in [2.45, 2.75) is 71.6 Å². The fraction of sp³-hybridized carbons (Fsp3) is 0.400. The number of carbonyl (C=O) groups excluding carboxylic acids is 1. The van der Waals surface area contributed by atoms with Crippen LogP contribution in [0.15, 0.2) is 48.7 Å². The van der Waals surface area contributed by atoms with Crippen molar-refractivity contribution in [3.05, 3.63) is 82.4 Å². The zero-order chi connectivity index (χ0) is 25.4. The van der Waals surface area contributed by atoms with Crippen molar-refractivity contribution in [2.75, 3.05) is 5.32 Å². The molecule has 1 aromatic heterocycles. The summed E-state index contributed by atoms with van der Waals surface area (Å²) in [7, 11) is 0. The molecule has 0 saturated heterocycles. The third-order valence-corrected chi connectivity index (χ3v) is 7.43. The molecule has 1 fully saturated rings. The number of nitrogens with one attached hydrogen (secondary N) is 1. The van der Waals surface area contributed by atoms with E-state index in [2.05, 4.69) is 19.2 Å². The standard InChI is InChI=1S/C30H32FN3O2/c1-19-17-34(26-14-30(2,3)15-27(35)29(19)26)21-12-23(31)22(16-32)25(13-21)33-24-10-7-11-28(24)36-18-20-8-5-4-6-9-20/h4-6,8-9,12-13,17,24,28,33H,7,10-11,14-15,18H2,1-3H3/t24-,28-/m0/s1. The number of aryl methyl sites for hydroxylation is 1. The summed E-state index contributed by atoms with van der Waals surface area (Å²) in [6.45, 7) is 6.62. The number of fused-ring (bicyclic) bond motifs is 1. The lowest BCUT2D eigenvalue weighted by Crippen LogP contribution is -2.31. The second-order valence-electron chi connectivity index (χ2n) is 10.9. The Morgan fingerprint density at radius 3 is 2.72 bits per heavy atom. The molecule has 6 heteroatoms. The SMILES string of the molecule is Cc1cn(-c2cc(F)c(C#N)c(N[C@H]3CCC[C@@H]3OCc3ccccc3)c2)c2c1C(=O)CC(C)(C)C2. The molecule has 3 aromatic rings. The van der Waals surface area contributed by atoms with Crippen molar-refractivity contribution in [1.82, 2.24) is 4.57 Å². The van der Waals surface area contributed by atoms with Gasteiger partial charge in [0, 0.05) is 23.9 Å². The molecule has 1 heterocycles. The van der Waals surface area contributed by atoms with Crippen LogP contribution in [0.25, 0.3) is 5.69 Å². The van der Waals surface area contributed by atoms with E-state index in [4.69, 9.17) is 4.74 Å². The molecule has 0 radical (unpaired) electrons. The molecule has 1 saturated carbocycles. The van der Waals surface area contributed by atoms with Crippen LogP contribution in [-0.4, -0.2) is 22.5 Å². The molecule has 0 aliphatic heterocycles. The summed E-state index contributed by atoms with van der Waals surface area (Å²) in [4.78, 5) is 12.9. The van der Waals surface area contributed by atoms with Gasteiger partial charge in [-0.05, 0) is 61.3 Å². The number of ketones is 1. The second kappa shape index (κ2) is 9.55. The fourth-order valence-corrected chi connectivity index (χ4v) is 5.73. The molecular weight excluding hydrogens is 453 g/mol. The monoisotopic (exact) mass is 485 g/mol. The number of halogens is 1. The molecule has 5 nitrogen and oxygen atoms in total. The first-order valence-electron chi connectivity index (χ1n) is 12.7. The van der Waals surface area contributed by atoms with Crippen LogP contribution in [-0.2, 0) is 17.8 Å². The number of nitrogens with zero attached hydrogens (tertiary/aromatic N) is 2. The largest absolute Gasteiger partial charge is 0.378 e. The molecule has 2 aliphatic rings. The number of Topliss-reactive ketones (excluding diaryl/α,β-unsaturated/α-hetero) is 1. The van der Waals surface area contributed by atoms with Crippen LogP contribution in [0.3, 0.4) is 0 Å². The Kier molecular flexibility index (Phi) is 6.44. The van der Waals surface area contributed by atoms with Crippen LogP contribution < -0.4 is 5.32 Å². The van der Waals surface area contributed by atoms with Crippen molar-refractivity contribution in [3.8, 4) is 11.8 Å². The first-order chi connectivity index (χ1) is 17.3. The lowest BCUT2D eigenvalue weighted by molar-refractivity contribution is 0.0394. The highest BCUT2D eigenvalue weighted by Gasteiger charge is 2.35. The third kappa shape index (κ3) is 4.68. The van der Waals surface area contributed by atoms with Crippen LogP contribution in [0.1, 0.15) is 72.3 Å². The van der Waals surface area contributed by atoms with Crippen molar-refractivity contribution >= 4 is 11.5 Å². The van der Waals surface area contributed by atoms with Crippen LogP contribution in [0.2, 0.25) is 0 Å². The molecule has 36 heavy (non-hydrogen) atoms. The van der Waals surface area contributed by atoms with E-state index in [-0.39, 0.29) is 28.9 Å². The smallest absolute Gasteiger partial charge is 0.165 e. The summed E-state index contributed by atoms with van der Waals surface area (Å²) in [5.74, 6) is -0.437. The average Bonchev–Trinajstić information content (AvgIpc) is 3.41. The number of ether oxygens (including phenoxy) is 1. The zero-order valence-electron chi connectivity index (χ0n) is 21.1.